The molecule has 0 fully saturated rings. The fourth-order valence-electron chi connectivity index (χ4n) is 3.22. The van der Waals surface area contributed by atoms with Crippen LogP contribution in [0.5, 0.6) is 0 Å². The van der Waals surface area contributed by atoms with Gasteiger partial charge < -0.3 is 14.8 Å². The van der Waals surface area contributed by atoms with Crippen LogP contribution in [0.4, 0.5) is 5.82 Å². The Bertz CT molecular complexity index is 961. The molecule has 0 spiro atoms. The number of benzene rings is 1. The number of aryl methyl sites for hydroxylation is 1. The van der Waals surface area contributed by atoms with Crippen LogP contribution in [0.3, 0.4) is 0 Å². The van der Waals surface area contributed by atoms with Gasteiger partial charge in [0.15, 0.2) is 0 Å². The highest BCUT2D eigenvalue weighted by Crippen LogP contribution is 2.22. The Kier molecular flexibility index (Phi) is 5.51. The minimum Gasteiger partial charge on any atom is -0.362 e. The SMILES string of the molecule is Cc1cc(C(=O)NCc2cccnc2N(C)C)c(C)n1-c1ccc(Cl)cc1. The maximum Gasteiger partial charge on any atom is 0.253 e. The van der Waals surface area contributed by atoms with Gasteiger partial charge in [-0.1, -0.05) is 17.7 Å². The maximum atomic E-state index is 12.8. The first-order valence-electron chi connectivity index (χ1n) is 8.72. The summed E-state index contributed by atoms with van der Waals surface area (Å²) in [5.74, 6) is 0.751. The van der Waals surface area contributed by atoms with Crippen molar-refractivity contribution in [2.75, 3.05) is 19.0 Å². The number of nitrogens with one attached hydrogen (secondary N) is 1. The summed E-state index contributed by atoms with van der Waals surface area (Å²) in [6.07, 6.45) is 1.75. The van der Waals surface area contributed by atoms with E-state index in [-0.39, 0.29) is 5.91 Å². The Morgan fingerprint density at radius 2 is 1.89 bits per heavy atom. The summed E-state index contributed by atoms with van der Waals surface area (Å²) in [4.78, 5) is 19.1. The fourth-order valence-corrected chi connectivity index (χ4v) is 3.35. The second-order valence-corrected chi connectivity index (χ2v) is 7.10. The summed E-state index contributed by atoms with van der Waals surface area (Å²) in [5, 5.41) is 3.70. The van der Waals surface area contributed by atoms with Crippen molar-refractivity contribution in [2.45, 2.75) is 20.4 Å². The molecular formula is C21H23ClN4O. The van der Waals surface area contributed by atoms with Gasteiger partial charge in [-0.05, 0) is 50.2 Å². The largest absolute Gasteiger partial charge is 0.362 e. The summed E-state index contributed by atoms with van der Waals surface area (Å²) in [6.45, 7) is 4.36. The number of rotatable bonds is 5. The van der Waals surface area contributed by atoms with Crippen LogP contribution in [0.1, 0.15) is 27.3 Å². The molecule has 0 radical (unpaired) electrons. The van der Waals surface area contributed by atoms with Crippen molar-refractivity contribution < 1.29 is 4.79 Å². The van der Waals surface area contributed by atoms with Gasteiger partial charge in [-0.25, -0.2) is 4.98 Å². The van der Waals surface area contributed by atoms with Crippen molar-refractivity contribution in [3.8, 4) is 5.69 Å². The number of anilines is 1. The minimum atomic E-state index is -0.100. The van der Waals surface area contributed by atoms with E-state index < -0.39 is 0 Å². The van der Waals surface area contributed by atoms with Crippen LogP contribution >= 0.6 is 11.6 Å². The van der Waals surface area contributed by atoms with Crippen molar-refractivity contribution in [1.82, 2.24) is 14.9 Å². The molecule has 5 nitrogen and oxygen atoms in total. The van der Waals surface area contributed by atoms with E-state index in [2.05, 4.69) is 14.9 Å². The molecule has 1 N–H and O–H groups in total. The lowest BCUT2D eigenvalue weighted by Crippen LogP contribution is -2.25. The summed E-state index contributed by atoms with van der Waals surface area (Å²) in [6, 6.07) is 13.4. The van der Waals surface area contributed by atoms with Crippen LogP contribution in [-0.4, -0.2) is 29.6 Å². The van der Waals surface area contributed by atoms with Gasteiger partial charge in [0.2, 0.25) is 0 Å². The maximum absolute atomic E-state index is 12.8. The molecule has 0 atom stereocenters. The topological polar surface area (TPSA) is 50.2 Å². The number of carbonyl (C=O) groups is 1. The number of amides is 1. The smallest absolute Gasteiger partial charge is 0.253 e. The Balaban J connectivity index is 1.82. The van der Waals surface area contributed by atoms with Crippen LogP contribution in [0.2, 0.25) is 5.02 Å². The van der Waals surface area contributed by atoms with Gasteiger partial charge >= 0.3 is 0 Å². The number of pyridine rings is 1. The van der Waals surface area contributed by atoms with Gasteiger partial charge in [0.05, 0.1) is 5.56 Å². The molecule has 27 heavy (non-hydrogen) atoms. The monoisotopic (exact) mass is 382 g/mol. The minimum absolute atomic E-state index is 0.100. The molecule has 2 heterocycles. The van der Waals surface area contributed by atoms with E-state index in [1.165, 1.54) is 0 Å². The summed E-state index contributed by atoms with van der Waals surface area (Å²) in [5.41, 5.74) is 4.51. The molecule has 1 amide bonds. The Hall–Kier alpha value is -2.79. The van der Waals surface area contributed by atoms with Gasteiger partial charge in [-0.3, -0.25) is 4.79 Å². The third-order valence-electron chi connectivity index (χ3n) is 4.49. The number of carbonyl (C=O) groups excluding carboxylic acids is 1. The predicted octanol–water partition coefficient (Wildman–Crippen LogP) is 4.14. The molecule has 0 bridgehead atoms. The number of nitrogens with zero attached hydrogens (tertiary/aromatic N) is 3. The third kappa shape index (κ3) is 3.98. The van der Waals surface area contributed by atoms with E-state index in [0.29, 0.717) is 17.1 Å². The van der Waals surface area contributed by atoms with Crippen LogP contribution < -0.4 is 10.2 Å². The van der Waals surface area contributed by atoms with Crippen molar-refractivity contribution >= 4 is 23.3 Å². The van der Waals surface area contributed by atoms with E-state index in [1.807, 2.05) is 75.3 Å². The third-order valence-corrected chi connectivity index (χ3v) is 4.74. The molecule has 0 aliphatic carbocycles. The van der Waals surface area contributed by atoms with Crippen molar-refractivity contribution in [3.63, 3.8) is 0 Å². The van der Waals surface area contributed by atoms with E-state index in [1.54, 1.807) is 6.20 Å². The Morgan fingerprint density at radius 3 is 2.56 bits per heavy atom. The molecule has 0 saturated carbocycles. The number of hydrogen-bond acceptors (Lipinski definition) is 3. The van der Waals surface area contributed by atoms with Crippen molar-refractivity contribution in [2.24, 2.45) is 0 Å². The normalized spacial score (nSPS) is 10.7. The molecule has 2 aromatic heterocycles. The van der Waals surface area contributed by atoms with E-state index >= 15 is 0 Å². The first-order chi connectivity index (χ1) is 12.9. The van der Waals surface area contributed by atoms with E-state index in [0.717, 1.165) is 28.5 Å². The zero-order valence-electron chi connectivity index (χ0n) is 16.0. The summed E-state index contributed by atoms with van der Waals surface area (Å²) >= 11 is 5.99. The molecule has 3 rings (SSSR count). The van der Waals surface area contributed by atoms with Gasteiger partial charge in [0.25, 0.3) is 5.91 Å². The molecule has 1 aromatic carbocycles. The average Bonchev–Trinajstić information content (AvgIpc) is 2.95. The number of halogens is 1. The zero-order chi connectivity index (χ0) is 19.6. The van der Waals surface area contributed by atoms with E-state index in [9.17, 15) is 4.79 Å². The molecule has 6 heteroatoms. The number of hydrogen-bond donors (Lipinski definition) is 1. The van der Waals surface area contributed by atoms with Crippen molar-refractivity contribution in [1.29, 1.82) is 0 Å². The molecule has 3 aromatic rings. The van der Waals surface area contributed by atoms with Crippen LogP contribution in [0.25, 0.3) is 5.69 Å². The second-order valence-electron chi connectivity index (χ2n) is 6.66. The van der Waals surface area contributed by atoms with Gasteiger partial charge in [0, 0.05) is 54.5 Å². The highest BCUT2D eigenvalue weighted by molar-refractivity contribution is 6.30. The van der Waals surface area contributed by atoms with Gasteiger partial charge in [-0.15, -0.1) is 0 Å². The van der Waals surface area contributed by atoms with E-state index in [4.69, 9.17) is 11.6 Å². The molecule has 0 aliphatic heterocycles. The molecule has 140 valence electrons. The lowest BCUT2D eigenvalue weighted by Gasteiger charge is -2.16. The lowest BCUT2D eigenvalue weighted by atomic mass is 10.2. The van der Waals surface area contributed by atoms with Crippen molar-refractivity contribution in [3.05, 3.63) is 76.2 Å². The van der Waals surface area contributed by atoms with Crippen LogP contribution in [0.15, 0.2) is 48.7 Å². The predicted molar refractivity (Wildman–Crippen MR) is 110 cm³/mol. The van der Waals surface area contributed by atoms with Crippen LogP contribution in [-0.2, 0) is 6.54 Å². The quantitative estimate of drug-likeness (QED) is 0.721. The fraction of sp³-hybridized carbons (Fsp3) is 0.238. The molecule has 0 aliphatic rings. The first kappa shape index (κ1) is 19.0. The molecule has 0 saturated heterocycles. The highest BCUT2D eigenvalue weighted by atomic mass is 35.5. The van der Waals surface area contributed by atoms with Crippen LogP contribution in [0, 0.1) is 13.8 Å². The Labute approximate surface area is 164 Å². The molecular weight excluding hydrogens is 360 g/mol. The summed E-state index contributed by atoms with van der Waals surface area (Å²) < 4.78 is 2.06. The Morgan fingerprint density at radius 1 is 1.19 bits per heavy atom. The lowest BCUT2D eigenvalue weighted by molar-refractivity contribution is 0.0950. The standard InChI is InChI=1S/C21H23ClN4O/c1-14-12-19(15(2)26(14)18-9-7-17(22)8-10-18)21(27)24-13-16-6-5-11-23-20(16)25(3)4/h5-12H,13H2,1-4H3,(H,24,27). The first-order valence-corrected chi connectivity index (χ1v) is 9.10. The summed E-state index contributed by atoms with van der Waals surface area (Å²) in [7, 11) is 3.88. The highest BCUT2D eigenvalue weighted by Gasteiger charge is 2.17. The average molecular weight is 383 g/mol. The zero-order valence-corrected chi connectivity index (χ0v) is 16.7. The number of aromatic nitrogens is 2. The second kappa shape index (κ2) is 7.84. The van der Waals surface area contributed by atoms with Gasteiger partial charge in [0.1, 0.15) is 5.82 Å². The molecule has 0 unspecified atom stereocenters. The van der Waals surface area contributed by atoms with Gasteiger partial charge in [-0.2, -0.15) is 0 Å².